The first kappa shape index (κ1) is 27.9. The quantitative estimate of drug-likeness (QED) is 0.190. The minimum absolute atomic E-state index is 0.0735. The van der Waals surface area contributed by atoms with Gasteiger partial charge in [0.15, 0.2) is 0 Å². The highest BCUT2D eigenvalue weighted by Gasteiger charge is 2.23. The second-order valence-corrected chi connectivity index (χ2v) is 10.1. The smallest absolute Gasteiger partial charge is 0.326 e. The fourth-order valence-corrected chi connectivity index (χ4v) is 5.57. The maximum Gasteiger partial charge on any atom is 0.326 e. The molecule has 0 radical (unpaired) electrons. The Morgan fingerprint density at radius 2 is 1.51 bits per heavy atom. The van der Waals surface area contributed by atoms with E-state index in [1.165, 1.54) is 31.7 Å². The molecule has 3 rings (SSSR count). The highest BCUT2D eigenvalue weighted by atomic mass is 32.2. The fraction of sp³-hybridized carbons (Fsp3) is 0.333. The molecular weight excluding hydrogens is 484 g/mol. The summed E-state index contributed by atoms with van der Waals surface area (Å²) < 4.78 is 11.9. The molecule has 0 amide bonds. The summed E-state index contributed by atoms with van der Waals surface area (Å²) in [5.41, 5.74) is 5.29. The van der Waals surface area contributed by atoms with Crippen molar-refractivity contribution >= 4 is 46.0 Å². The lowest BCUT2D eigenvalue weighted by molar-refractivity contribution is -0.141. The molecule has 0 spiro atoms. The average molecular weight is 519 g/mol. The van der Waals surface area contributed by atoms with E-state index in [-0.39, 0.29) is 30.9 Å². The Bertz CT molecular complexity index is 1310. The SMILES string of the molecule is C#CCN(c1ccc(N(CC(=O)OC)Sc2c(C)cc(C)cc2C)c2ccccc12)[C@@H](C)CC(=O)OC. The van der Waals surface area contributed by atoms with Crippen molar-refractivity contribution in [2.45, 2.75) is 45.1 Å². The van der Waals surface area contributed by atoms with E-state index in [0.717, 1.165) is 38.2 Å². The van der Waals surface area contributed by atoms with E-state index in [9.17, 15) is 9.59 Å². The van der Waals surface area contributed by atoms with Gasteiger partial charge in [-0.25, -0.2) is 0 Å². The minimum atomic E-state index is -0.330. The van der Waals surface area contributed by atoms with E-state index >= 15 is 0 Å². The van der Waals surface area contributed by atoms with E-state index in [1.807, 2.05) is 52.5 Å². The number of hydrogen-bond acceptors (Lipinski definition) is 7. The van der Waals surface area contributed by atoms with Gasteiger partial charge in [-0.3, -0.25) is 9.59 Å². The first-order valence-corrected chi connectivity index (χ1v) is 12.9. The summed E-state index contributed by atoms with van der Waals surface area (Å²) in [5, 5.41) is 1.94. The van der Waals surface area contributed by atoms with Crippen LogP contribution in [0, 0.1) is 33.1 Å². The highest BCUT2D eigenvalue weighted by Crippen LogP contribution is 2.40. The zero-order valence-electron chi connectivity index (χ0n) is 22.3. The van der Waals surface area contributed by atoms with Gasteiger partial charge in [0.05, 0.1) is 32.9 Å². The highest BCUT2D eigenvalue weighted by molar-refractivity contribution is 8.00. The molecule has 6 nitrogen and oxygen atoms in total. The molecule has 0 aliphatic rings. The number of carbonyl (C=O) groups is 2. The largest absolute Gasteiger partial charge is 0.469 e. The van der Waals surface area contributed by atoms with Crippen LogP contribution >= 0.6 is 11.9 Å². The number of fused-ring (bicyclic) bond motifs is 1. The van der Waals surface area contributed by atoms with Gasteiger partial charge in [0.25, 0.3) is 0 Å². The molecule has 0 aliphatic carbocycles. The monoisotopic (exact) mass is 518 g/mol. The van der Waals surface area contributed by atoms with Crippen LogP contribution in [0.1, 0.15) is 30.0 Å². The molecule has 0 aliphatic heterocycles. The standard InChI is InChI=1S/C30H34N2O4S/c1-8-15-31(23(5)18-28(33)35-6)26-13-14-27(25-12-10-9-11-24(25)26)32(19-29(34)36-7)37-30-21(3)16-20(2)17-22(30)4/h1,9-14,16-17,23H,15,18-19H2,2-7H3/t23-/m0/s1. The molecule has 0 saturated carbocycles. The number of methoxy groups -OCH3 is 2. The number of rotatable bonds is 10. The fourth-order valence-electron chi connectivity index (χ4n) is 4.52. The third-order valence-electron chi connectivity index (χ3n) is 6.25. The number of aryl methyl sites for hydroxylation is 3. The Morgan fingerprint density at radius 1 is 0.946 bits per heavy atom. The third-order valence-corrected chi connectivity index (χ3v) is 7.62. The molecule has 0 unspecified atom stereocenters. The Kier molecular flexibility index (Phi) is 9.48. The first-order chi connectivity index (χ1) is 17.7. The lowest BCUT2D eigenvalue weighted by Crippen LogP contribution is -2.35. The Balaban J connectivity index is 2.14. The summed E-state index contributed by atoms with van der Waals surface area (Å²) in [6, 6.07) is 16.1. The summed E-state index contributed by atoms with van der Waals surface area (Å²) in [5.74, 6) is 2.10. The van der Waals surface area contributed by atoms with E-state index in [2.05, 4.69) is 38.8 Å². The molecule has 194 valence electrons. The van der Waals surface area contributed by atoms with Crippen LogP contribution in [0.2, 0.25) is 0 Å². The predicted octanol–water partition coefficient (Wildman–Crippen LogP) is 5.84. The topological polar surface area (TPSA) is 59.1 Å². The summed E-state index contributed by atoms with van der Waals surface area (Å²) >= 11 is 1.53. The van der Waals surface area contributed by atoms with Crippen LogP contribution in [-0.4, -0.2) is 45.3 Å². The predicted molar refractivity (Wildman–Crippen MR) is 152 cm³/mol. The molecule has 0 heterocycles. The van der Waals surface area contributed by atoms with Crippen molar-refractivity contribution in [1.29, 1.82) is 0 Å². The van der Waals surface area contributed by atoms with Gasteiger partial charge in [0, 0.05) is 27.4 Å². The molecule has 1 atom stereocenters. The summed E-state index contributed by atoms with van der Waals surface area (Å²) in [7, 11) is 2.78. The van der Waals surface area contributed by atoms with Gasteiger partial charge < -0.3 is 18.7 Å². The molecule has 3 aromatic carbocycles. The number of esters is 2. The minimum Gasteiger partial charge on any atom is -0.469 e. The number of terminal acetylenes is 1. The van der Waals surface area contributed by atoms with Crippen LogP contribution < -0.4 is 9.21 Å². The van der Waals surface area contributed by atoms with Crippen molar-refractivity contribution in [3.63, 3.8) is 0 Å². The van der Waals surface area contributed by atoms with Crippen LogP contribution in [0.5, 0.6) is 0 Å². The second kappa shape index (κ2) is 12.6. The number of benzene rings is 3. The number of carbonyl (C=O) groups excluding carboxylic acids is 2. The van der Waals surface area contributed by atoms with Crippen LogP contribution in [0.15, 0.2) is 53.4 Å². The van der Waals surface area contributed by atoms with Crippen LogP contribution in [-0.2, 0) is 19.1 Å². The molecule has 7 heteroatoms. The van der Waals surface area contributed by atoms with Gasteiger partial charge in [-0.1, -0.05) is 47.9 Å². The van der Waals surface area contributed by atoms with Crippen LogP contribution in [0.3, 0.4) is 0 Å². The number of hydrogen-bond donors (Lipinski definition) is 0. The molecule has 3 aromatic rings. The van der Waals surface area contributed by atoms with Crippen LogP contribution in [0.4, 0.5) is 11.4 Å². The third kappa shape index (κ3) is 6.58. The normalized spacial score (nSPS) is 11.5. The number of ether oxygens (including phenoxy) is 2. The lowest BCUT2D eigenvalue weighted by Gasteiger charge is -2.32. The lowest BCUT2D eigenvalue weighted by atomic mass is 10.0. The van der Waals surface area contributed by atoms with Crippen molar-refractivity contribution < 1.29 is 19.1 Å². The Labute approximate surface area is 224 Å². The van der Waals surface area contributed by atoms with E-state index in [0.29, 0.717) is 6.54 Å². The first-order valence-electron chi connectivity index (χ1n) is 12.1. The van der Waals surface area contributed by atoms with E-state index < -0.39 is 0 Å². The van der Waals surface area contributed by atoms with Gasteiger partial charge >= 0.3 is 11.9 Å². The van der Waals surface area contributed by atoms with Gasteiger partial charge in [-0.2, -0.15) is 0 Å². The van der Waals surface area contributed by atoms with Crippen molar-refractivity contribution in [3.05, 3.63) is 65.2 Å². The summed E-state index contributed by atoms with van der Waals surface area (Å²) in [4.78, 5) is 27.6. The van der Waals surface area contributed by atoms with Gasteiger partial charge in [-0.05, 0) is 62.9 Å². The maximum atomic E-state index is 12.5. The van der Waals surface area contributed by atoms with E-state index in [4.69, 9.17) is 15.9 Å². The Morgan fingerprint density at radius 3 is 2.08 bits per heavy atom. The summed E-state index contributed by atoms with van der Waals surface area (Å²) in [6.45, 7) is 8.61. The van der Waals surface area contributed by atoms with Gasteiger partial charge in [0.2, 0.25) is 0 Å². The number of nitrogens with zero attached hydrogens (tertiary/aromatic N) is 2. The van der Waals surface area contributed by atoms with Crippen molar-refractivity contribution in [2.24, 2.45) is 0 Å². The van der Waals surface area contributed by atoms with Gasteiger partial charge in [0.1, 0.15) is 6.54 Å². The Hall–Kier alpha value is -3.63. The van der Waals surface area contributed by atoms with Crippen LogP contribution in [0.25, 0.3) is 10.8 Å². The van der Waals surface area contributed by atoms with Gasteiger partial charge in [-0.15, -0.1) is 6.42 Å². The average Bonchev–Trinajstić information content (AvgIpc) is 2.87. The zero-order valence-corrected chi connectivity index (χ0v) is 23.1. The molecule has 0 saturated heterocycles. The second-order valence-electron chi connectivity index (χ2n) is 9.04. The zero-order chi connectivity index (χ0) is 27.1. The van der Waals surface area contributed by atoms with Crippen molar-refractivity contribution in [1.82, 2.24) is 0 Å². The molecule has 0 fully saturated rings. The number of anilines is 2. The molecule has 37 heavy (non-hydrogen) atoms. The molecule has 0 N–H and O–H groups in total. The maximum absolute atomic E-state index is 12.5. The van der Waals surface area contributed by atoms with Crippen molar-refractivity contribution in [3.8, 4) is 12.3 Å². The van der Waals surface area contributed by atoms with E-state index in [1.54, 1.807) is 0 Å². The van der Waals surface area contributed by atoms with Crippen molar-refractivity contribution in [2.75, 3.05) is 36.5 Å². The molecule has 0 aromatic heterocycles. The molecular formula is C30H34N2O4S. The summed E-state index contributed by atoms with van der Waals surface area (Å²) in [6.07, 6.45) is 5.93. The molecule has 0 bridgehead atoms.